The van der Waals surface area contributed by atoms with Gasteiger partial charge in [-0.2, -0.15) is 0 Å². The fourth-order valence-electron chi connectivity index (χ4n) is 4.59. The number of benzene rings is 4. The number of furan rings is 2. The molecule has 0 aliphatic heterocycles. The van der Waals surface area contributed by atoms with Gasteiger partial charge >= 0.3 is 0 Å². The Labute approximate surface area is 190 Å². The van der Waals surface area contributed by atoms with Crippen molar-refractivity contribution in [3.8, 4) is 0 Å². The van der Waals surface area contributed by atoms with Crippen LogP contribution in [0.2, 0.25) is 0 Å². The molecule has 0 spiro atoms. The molecule has 0 atom stereocenters. The molecule has 1 N–H and O–H groups in total. The van der Waals surface area contributed by atoms with E-state index in [0.29, 0.717) is 0 Å². The summed E-state index contributed by atoms with van der Waals surface area (Å²) in [5.74, 6) is 0. The molecule has 0 aliphatic carbocycles. The summed E-state index contributed by atoms with van der Waals surface area (Å²) in [5, 5.41) is 7.75. The fourth-order valence-corrected chi connectivity index (χ4v) is 4.59. The summed E-state index contributed by atoms with van der Waals surface area (Å²) < 4.78 is 12.5. The van der Waals surface area contributed by atoms with Gasteiger partial charge in [0.2, 0.25) is 0 Å². The van der Waals surface area contributed by atoms with Crippen molar-refractivity contribution in [3.05, 3.63) is 102 Å². The summed E-state index contributed by atoms with van der Waals surface area (Å²) in [4.78, 5) is 4.62. The highest BCUT2D eigenvalue weighted by Crippen LogP contribution is 2.34. The monoisotopic (exact) mass is 430 g/mol. The number of hydrogen-bond acceptors (Lipinski definition) is 4. The van der Waals surface area contributed by atoms with E-state index in [9.17, 15) is 0 Å². The molecule has 2 aromatic heterocycles. The molecule has 6 rings (SSSR count). The Morgan fingerprint density at radius 2 is 1.18 bits per heavy atom. The largest absolute Gasteiger partial charge is 0.455 e. The summed E-state index contributed by atoms with van der Waals surface area (Å²) in [6, 6.07) is 28.7. The second-order valence-corrected chi connectivity index (χ2v) is 7.98. The minimum Gasteiger partial charge on any atom is -0.455 e. The first-order chi connectivity index (χ1) is 16.3. The predicted molar refractivity (Wildman–Crippen MR) is 137 cm³/mol. The van der Waals surface area contributed by atoms with Crippen LogP contribution in [0.25, 0.3) is 49.6 Å². The van der Waals surface area contributed by atoms with Gasteiger partial charge in [-0.15, -0.1) is 0 Å². The van der Waals surface area contributed by atoms with Gasteiger partial charge in [0.25, 0.3) is 0 Å². The molecule has 33 heavy (non-hydrogen) atoms. The number of allylic oxidation sites excluding steroid dienone is 1. The molecule has 0 saturated heterocycles. The van der Waals surface area contributed by atoms with E-state index in [1.807, 2.05) is 50.5 Å². The van der Waals surface area contributed by atoms with Crippen LogP contribution in [0.5, 0.6) is 0 Å². The van der Waals surface area contributed by atoms with Gasteiger partial charge < -0.3 is 14.2 Å². The number of nitrogens with one attached hydrogen (secondary N) is 1. The van der Waals surface area contributed by atoms with Gasteiger partial charge in [0, 0.05) is 52.5 Å². The first kappa shape index (κ1) is 19.4. The van der Waals surface area contributed by atoms with E-state index in [4.69, 9.17) is 8.83 Å². The van der Waals surface area contributed by atoms with Gasteiger partial charge in [0.1, 0.15) is 22.3 Å². The number of para-hydroxylation sites is 4. The highest BCUT2D eigenvalue weighted by molar-refractivity contribution is 6.21. The van der Waals surface area contributed by atoms with Crippen LogP contribution in [0.15, 0.2) is 105 Å². The Hall–Kier alpha value is -4.31. The van der Waals surface area contributed by atoms with Crippen LogP contribution in [0, 0.1) is 0 Å². The lowest BCUT2D eigenvalue weighted by molar-refractivity contribution is 0.667. The molecule has 0 bridgehead atoms. The molecule has 0 unspecified atom stereocenters. The Morgan fingerprint density at radius 1 is 0.667 bits per heavy atom. The maximum Gasteiger partial charge on any atom is 0.144 e. The van der Waals surface area contributed by atoms with Gasteiger partial charge in [-0.25, -0.2) is 0 Å². The number of fused-ring (bicyclic) bond motifs is 6. The number of rotatable bonds is 4. The average molecular weight is 431 g/mol. The van der Waals surface area contributed by atoms with E-state index in [0.717, 1.165) is 66.4 Å². The zero-order valence-electron chi connectivity index (χ0n) is 18.4. The zero-order chi connectivity index (χ0) is 22.4. The van der Waals surface area contributed by atoms with Crippen molar-refractivity contribution in [3.63, 3.8) is 0 Å². The topological polar surface area (TPSA) is 50.7 Å². The normalized spacial score (nSPS) is 12.9. The first-order valence-electron chi connectivity index (χ1n) is 11.0. The quantitative estimate of drug-likeness (QED) is 0.302. The van der Waals surface area contributed by atoms with Crippen LogP contribution in [0.4, 0.5) is 0 Å². The number of nitrogens with zero attached hydrogens (tertiary/aromatic N) is 1. The lowest BCUT2D eigenvalue weighted by Crippen LogP contribution is -2.09. The van der Waals surface area contributed by atoms with Gasteiger partial charge in [0.15, 0.2) is 0 Å². The molecular formula is C29H22N2O2. The van der Waals surface area contributed by atoms with Crippen molar-refractivity contribution in [1.82, 2.24) is 5.32 Å². The van der Waals surface area contributed by atoms with Crippen LogP contribution < -0.4 is 5.32 Å². The van der Waals surface area contributed by atoms with Crippen LogP contribution in [-0.2, 0) is 0 Å². The van der Waals surface area contributed by atoms with Gasteiger partial charge in [0.05, 0.1) is 5.71 Å². The molecule has 6 aromatic rings. The molecule has 0 aliphatic rings. The van der Waals surface area contributed by atoms with Crippen molar-refractivity contribution in [2.75, 3.05) is 14.1 Å². The second kappa shape index (κ2) is 7.68. The van der Waals surface area contributed by atoms with E-state index < -0.39 is 0 Å². The Balaban J connectivity index is 1.54. The lowest BCUT2D eigenvalue weighted by atomic mass is 10.0. The van der Waals surface area contributed by atoms with Gasteiger partial charge in [-0.05, 0) is 30.3 Å². The smallest absolute Gasteiger partial charge is 0.144 e. The SMILES string of the molecule is C/N=C(\C=C(/NC)c1cccc2c1oc1ccccc12)c1cccc2c1oc1ccccc12. The summed E-state index contributed by atoms with van der Waals surface area (Å²) in [6.07, 6.45) is 2.06. The summed E-state index contributed by atoms with van der Waals surface area (Å²) in [5.41, 5.74) is 7.15. The van der Waals surface area contributed by atoms with E-state index in [1.54, 1.807) is 0 Å². The minimum atomic E-state index is 0.831. The van der Waals surface area contributed by atoms with Crippen molar-refractivity contribution in [2.24, 2.45) is 4.99 Å². The molecule has 4 heteroatoms. The molecule has 0 amide bonds. The van der Waals surface area contributed by atoms with Crippen LogP contribution in [-0.4, -0.2) is 19.8 Å². The molecule has 160 valence electrons. The Morgan fingerprint density at radius 3 is 1.76 bits per heavy atom. The first-order valence-corrected chi connectivity index (χ1v) is 11.0. The maximum atomic E-state index is 6.26. The summed E-state index contributed by atoms with van der Waals surface area (Å²) in [7, 11) is 3.73. The lowest BCUT2D eigenvalue weighted by Gasteiger charge is -2.10. The zero-order valence-corrected chi connectivity index (χ0v) is 18.4. The van der Waals surface area contributed by atoms with Gasteiger partial charge in [-0.1, -0.05) is 60.7 Å². The van der Waals surface area contributed by atoms with E-state index in [1.165, 1.54) is 0 Å². The third-order valence-electron chi connectivity index (χ3n) is 6.17. The standard InChI is InChI=1S/C29H22N2O2/c1-30-24(22-13-7-11-20-18-9-3-5-15-26(18)32-28(20)22)17-25(31-2)23-14-8-12-21-19-10-4-6-16-27(19)33-29(21)23/h3-17,30H,1-2H3/b24-17-,31-25+. The molecule has 0 saturated carbocycles. The second-order valence-electron chi connectivity index (χ2n) is 7.98. The minimum absolute atomic E-state index is 0.831. The molecule has 4 nitrogen and oxygen atoms in total. The third kappa shape index (κ3) is 3.03. The average Bonchev–Trinajstić information content (AvgIpc) is 3.44. The Bertz CT molecular complexity index is 1720. The molecule has 0 fully saturated rings. The van der Waals surface area contributed by atoms with E-state index >= 15 is 0 Å². The fraction of sp³-hybridized carbons (Fsp3) is 0.0690. The van der Waals surface area contributed by atoms with Crippen molar-refractivity contribution < 1.29 is 8.83 Å². The summed E-state index contributed by atoms with van der Waals surface area (Å²) >= 11 is 0. The highest BCUT2D eigenvalue weighted by Gasteiger charge is 2.16. The maximum absolute atomic E-state index is 6.26. The molecular weight excluding hydrogens is 408 g/mol. The Kier molecular flexibility index (Phi) is 4.51. The van der Waals surface area contributed by atoms with Crippen LogP contribution in [0.3, 0.4) is 0 Å². The van der Waals surface area contributed by atoms with E-state index in [-0.39, 0.29) is 0 Å². The molecule has 4 aromatic carbocycles. The summed E-state index contributed by atoms with van der Waals surface area (Å²) in [6.45, 7) is 0. The number of aliphatic imine (C=N–C) groups is 1. The number of hydrogen-bond donors (Lipinski definition) is 1. The van der Waals surface area contributed by atoms with Gasteiger partial charge in [-0.3, -0.25) is 4.99 Å². The van der Waals surface area contributed by atoms with E-state index in [2.05, 4.69) is 64.9 Å². The molecule has 0 radical (unpaired) electrons. The van der Waals surface area contributed by atoms with Crippen molar-refractivity contribution in [1.29, 1.82) is 0 Å². The van der Waals surface area contributed by atoms with Crippen LogP contribution >= 0.6 is 0 Å². The van der Waals surface area contributed by atoms with Crippen molar-refractivity contribution >= 4 is 55.3 Å². The predicted octanol–water partition coefficient (Wildman–Crippen LogP) is 7.16. The third-order valence-corrected chi connectivity index (χ3v) is 6.17. The molecule has 2 heterocycles. The van der Waals surface area contributed by atoms with Crippen molar-refractivity contribution in [2.45, 2.75) is 0 Å². The highest BCUT2D eigenvalue weighted by atomic mass is 16.3. The van der Waals surface area contributed by atoms with Crippen LogP contribution in [0.1, 0.15) is 11.1 Å².